The second kappa shape index (κ2) is 8.81. The van der Waals surface area contributed by atoms with Crippen molar-refractivity contribution in [3.05, 3.63) is 34.9 Å². The van der Waals surface area contributed by atoms with Gasteiger partial charge in [-0.1, -0.05) is 23.7 Å². The van der Waals surface area contributed by atoms with E-state index in [2.05, 4.69) is 17.4 Å². The molecule has 2 aliphatic rings. The largest absolute Gasteiger partial charge is 0.376 e. The number of benzene rings is 1. The Balaban J connectivity index is 1.34. The number of nitrogens with one attached hydrogen (secondary N) is 3. The van der Waals surface area contributed by atoms with Crippen molar-refractivity contribution >= 4 is 17.5 Å². The molecule has 0 radical (unpaired) electrons. The highest BCUT2D eigenvalue weighted by Gasteiger charge is 2.25. The fourth-order valence-corrected chi connectivity index (χ4v) is 3.65. The number of piperazine rings is 1. The zero-order valence-electron chi connectivity index (χ0n) is 14.2. The minimum absolute atomic E-state index is 0.154. The summed E-state index contributed by atoms with van der Waals surface area (Å²) >= 11 is 5.93. The van der Waals surface area contributed by atoms with Crippen molar-refractivity contribution in [2.24, 2.45) is 0 Å². The lowest BCUT2D eigenvalue weighted by Crippen LogP contribution is -3.28. The van der Waals surface area contributed by atoms with Crippen LogP contribution in [0.15, 0.2) is 24.3 Å². The highest BCUT2D eigenvalue weighted by Crippen LogP contribution is 2.10. The molecule has 5 nitrogen and oxygen atoms in total. The van der Waals surface area contributed by atoms with Crippen LogP contribution in [0.1, 0.15) is 18.4 Å². The summed E-state index contributed by atoms with van der Waals surface area (Å²) < 4.78 is 5.54. The van der Waals surface area contributed by atoms with Crippen molar-refractivity contribution in [3.63, 3.8) is 0 Å². The Hall–Kier alpha value is -1.14. The maximum absolute atomic E-state index is 12.1. The summed E-state index contributed by atoms with van der Waals surface area (Å²) in [4.78, 5) is 15.0. The molecule has 1 aromatic carbocycles. The van der Waals surface area contributed by atoms with E-state index in [0.29, 0.717) is 13.1 Å². The van der Waals surface area contributed by atoms with Crippen LogP contribution in [0.25, 0.3) is 0 Å². The molecule has 2 saturated heterocycles. The molecule has 0 spiro atoms. The molecule has 132 valence electrons. The van der Waals surface area contributed by atoms with Crippen molar-refractivity contribution < 1.29 is 19.3 Å². The SMILES string of the molecule is O=C(C[NH+]1CC[NH+](Cc2ccc(Cl)cc2)CC1)NC[C@H]1CCCO1. The van der Waals surface area contributed by atoms with Crippen LogP contribution in [0.2, 0.25) is 5.02 Å². The van der Waals surface area contributed by atoms with Gasteiger partial charge in [-0.25, -0.2) is 0 Å². The third kappa shape index (κ3) is 5.45. The van der Waals surface area contributed by atoms with E-state index >= 15 is 0 Å². The molecule has 0 saturated carbocycles. The lowest BCUT2D eigenvalue weighted by atomic mass is 10.2. The molecular formula is C18H28ClN3O2+2. The number of ether oxygens (including phenoxy) is 1. The molecule has 0 bridgehead atoms. The minimum atomic E-state index is 0.154. The van der Waals surface area contributed by atoms with Gasteiger partial charge in [0.15, 0.2) is 6.54 Å². The number of hydrogen-bond donors (Lipinski definition) is 3. The van der Waals surface area contributed by atoms with Crippen LogP contribution >= 0.6 is 11.6 Å². The van der Waals surface area contributed by atoms with Crippen molar-refractivity contribution in [1.29, 1.82) is 0 Å². The number of amides is 1. The highest BCUT2D eigenvalue weighted by molar-refractivity contribution is 6.30. The van der Waals surface area contributed by atoms with Crippen molar-refractivity contribution in [2.45, 2.75) is 25.5 Å². The highest BCUT2D eigenvalue weighted by atomic mass is 35.5. The van der Waals surface area contributed by atoms with Crippen LogP contribution in [0.3, 0.4) is 0 Å². The average molecular weight is 354 g/mol. The minimum Gasteiger partial charge on any atom is -0.376 e. The maximum atomic E-state index is 12.1. The van der Waals surface area contributed by atoms with E-state index < -0.39 is 0 Å². The summed E-state index contributed by atoms with van der Waals surface area (Å²) in [6, 6.07) is 8.12. The van der Waals surface area contributed by atoms with Gasteiger partial charge in [-0.2, -0.15) is 0 Å². The van der Waals surface area contributed by atoms with E-state index in [-0.39, 0.29) is 12.0 Å². The number of quaternary nitrogens is 2. The average Bonchev–Trinajstić information content (AvgIpc) is 3.10. The molecule has 3 rings (SSSR count). The van der Waals surface area contributed by atoms with Crippen molar-refractivity contribution in [2.75, 3.05) is 45.9 Å². The normalized spacial score (nSPS) is 27.1. The zero-order chi connectivity index (χ0) is 16.8. The fourth-order valence-electron chi connectivity index (χ4n) is 3.52. The summed E-state index contributed by atoms with van der Waals surface area (Å²) in [7, 11) is 0. The monoisotopic (exact) mass is 353 g/mol. The van der Waals surface area contributed by atoms with Gasteiger partial charge in [0.1, 0.15) is 32.7 Å². The first-order valence-corrected chi connectivity index (χ1v) is 9.37. The van der Waals surface area contributed by atoms with Gasteiger partial charge in [-0.15, -0.1) is 0 Å². The van der Waals surface area contributed by atoms with Gasteiger partial charge in [0.25, 0.3) is 5.91 Å². The molecule has 0 aliphatic carbocycles. The topological polar surface area (TPSA) is 47.2 Å². The van der Waals surface area contributed by atoms with Crippen molar-refractivity contribution in [1.82, 2.24) is 5.32 Å². The molecule has 1 atom stereocenters. The molecule has 0 aromatic heterocycles. The van der Waals surface area contributed by atoms with Crippen LogP contribution in [-0.2, 0) is 16.1 Å². The van der Waals surface area contributed by atoms with Crippen LogP contribution in [0, 0.1) is 0 Å². The molecule has 2 heterocycles. The second-order valence-electron chi connectivity index (χ2n) is 6.92. The van der Waals surface area contributed by atoms with Crippen LogP contribution in [-0.4, -0.2) is 57.9 Å². The number of rotatable bonds is 6. The summed E-state index contributed by atoms with van der Waals surface area (Å²) in [5.74, 6) is 0.154. The van der Waals surface area contributed by atoms with Gasteiger partial charge in [0, 0.05) is 23.7 Å². The van der Waals surface area contributed by atoms with E-state index in [1.165, 1.54) is 10.5 Å². The van der Waals surface area contributed by atoms with Crippen molar-refractivity contribution in [3.8, 4) is 0 Å². The van der Waals surface area contributed by atoms with E-state index in [4.69, 9.17) is 16.3 Å². The van der Waals surface area contributed by atoms with E-state index in [1.807, 2.05) is 12.1 Å². The molecule has 24 heavy (non-hydrogen) atoms. The first-order chi connectivity index (χ1) is 11.7. The molecule has 1 aromatic rings. The third-order valence-electron chi connectivity index (χ3n) is 4.99. The molecule has 6 heteroatoms. The lowest BCUT2D eigenvalue weighted by Gasteiger charge is -2.29. The van der Waals surface area contributed by atoms with Crippen LogP contribution in [0.4, 0.5) is 0 Å². The summed E-state index contributed by atoms with van der Waals surface area (Å²) in [6.07, 6.45) is 2.41. The Morgan fingerprint density at radius 2 is 1.88 bits per heavy atom. The van der Waals surface area contributed by atoms with Gasteiger partial charge >= 0.3 is 0 Å². The predicted molar refractivity (Wildman–Crippen MR) is 93.4 cm³/mol. The molecular weight excluding hydrogens is 326 g/mol. The second-order valence-corrected chi connectivity index (χ2v) is 7.36. The van der Waals surface area contributed by atoms with Gasteiger partial charge in [-0.3, -0.25) is 4.79 Å². The molecule has 1 amide bonds. The molecule has 3 N–H and O–H groups in total. The Bertz CT molecular complexity index is 524. The van der Waals surface area contributed by atoms with Gasteiger partial charge in [-0.05, 0) is 25.0 Å². The van der Waals surface area contributed by atoms with Gasteiger partial charge in [0.05, 0.1) is 6.10 Å². The number of halogens is 1. The van der Waals surface area contributed by atoms with Crippen LogP contribution < -0.4 is 15.1 Å². The Morgan fingerprint density at radius 1 is 1.17 bits per heavy atom. The fraction of sp³-hybridized carbons (Fsp3) is 0.611. The van der Waals surface area contributed by atoms with E-state index in [9.17, 15) is 4.79 Å². The van der Waals surface area contributed by atoms with E-state index in [0.717, 1.165) is 57.2 Å². The number of carbonyl (C=O) groups excluding carboxylic acids is 1. The zero-order valence-corrected chi connectivity index (χ0v) is 14.9. The van der Waals surface area contributed by atoms with E-state index in [1.54, 1.807) is 4.90 Å². The Labute approximate surface area is 148 Å². The Kier molecular flexibility index (Phi) is 6.49. The summed E-state index contributed by atoms with van der Waals surface area (Å²) in [6.45, 7) is 7.45. The maximum Gasteiger partial charge on any atom is 0.275 e. The third-order valence-corrected chi connectivity index (χ3v) is 5.25. The molecule has 0 unspecified atom stereocenters. The molecule has 2 aliphatic heterocycles. The summed E-state index contributed by atoms with van der Waals surface area (Å²) in [5, 5.41) is 3.81. The van der Waals surface area contributed by atoms with Crippen LogP contribution in [0.5, 0.6) is 0 Å². The Morgan fingerprint density at radius 3 is 2.54 bits per heavy atom. The number of hydrogen-bond acceptors (Lipinski definition) is 2. The molecule has 2 fully saturated rings. The first kappa shape index (κ1) is 17.7. The first-order valence-electron chi connectivity index (χ1n) is 8.99. The lowest BCUT2D eigenvalue weighted by molar-refractivity contribution is -1.02. The smallest absolute Gasteiger partial charge is 0.275 e. The van der Waals surface area contributed by atoms with Gasteiger partial charge < -0.3 is 19.9 Å². The predicted octanol–water partition coefficient (Wildman–Crippen LogP) is -1.08. The standard InChI is InChI=1S/C18H26ClN3O2/c19-16-5-3-15(4-6-16)13-21-7-9-22(10-8-21)14-18(23)20-12-17-2-1-11-24-17/h3-6,17H,1-2,7-14H2,(H,20,23)/p+2/t17-/m1/s1. The van der Waals surface area contributed by atoms with Gasteiger partial charge in [0.2, 0.25) is 0 Å². The summed E-state index contributed by atoms with van der Waals surface area (Å²) in [5.41, 5.74) is 1.33. The number of carbonyl (C=O) groups is 1. The quantitative estimate of drug-likeness (QED) is 0.609.